The number of rotatable bonds is 0. The summed E-state index contributed by atoms with van der Waals surface area (Å²) in [6, 6.07) is 6.22. The number of allylic oxidation sites excluding steroid dienone is 11. The van der Waals surface area contributed by atoms with Gasteiger partial charge in [0.1, 0.15) is 0 Å². The van der Waals surface area contributed by atoms with Crippen LogP contribution in [-0.2, 0) is 0 Å². The fourth-order valence-corrected chi connectivity index (χ4v) is 4.37. The van der Waals surface area contributed by atoms with Crippen molar-refractivity contribution >= 4 is 41.1 Å². The van der Waals surface area contributed by atoms with Gasteiger partial charge in [-0.3, -0.25) is 0 Å². The third kappa shape index (κ3) is 4.23. The number of fused-ring (bicyclic) bond motifs is 8. The van der Waals surface area contributed by atoms with Gasteiger partial charge in [0, 0.05) is 22.6 Å². The second-order valence-corrected chi connectivity index (χ2v) is 8.80. The third-order valence-corrected chi connectivity index (χ3v) is 6.01. The first-order chi connectivity index (χ1) is 17.7. The standard InChI is InChI=1S/C30H20N6/c1-2-21-13-22-3-4-23(33-22)14-24-5-6-25(34-24)15-26-7-8-27(35-26)16-28-9-10-29(36-28)17-30-12-19(18-31-30)11-20(1)32-21/h1-18,31-32H. The number of nitrogens with one attached hydrogen (secondary N) is 2. The Labute approximate surface area is 207 Å². The molecule has 0 saturated carbocycles. The van der Waals surface area contributed by atoms with Gasteiger partial charge < -0.3 is 9.97 Å². The smallest absolute Gasteiger partial charge is 0.0659 e. The average molecular weight is 465 g/mol. The van der Waals surface area contributed by atoms with Crippen LogP contribution in [0.2, 0.25) is 0 Å². The zero-order valence-corrected chi connectivity index (χ0v) is 19.2. The van der Waals surface area contributed by atoms with Crippen LogP contribution in [0.25, 0.3) is 18.2 Å². The van der Waals surface area contributed by atoms with Crippen molar-refractivity contribution in [1.29, 1.82) is 0 Å². The summed E-state index contributed by atoms with van der Waals surface area (Å²) in [5.74, 6) is 0. The zero-order chi connectivity index (χ0) is 23.9. The van der Waals surface area contributed by atoms with Crippen LogP contribution in [0, 0.1) is 0 Å². The molecule has 2 aromatic heterocycles. The molecule has 0 aliphatic carbocycles. The Morgan fingerprint density at radius 2 is 0.944 bits per heavy atom. The van der Waals surface area contributed by atoms with E-state index in [-0.39, 0.29) is 0 Å². The van der Waals surface area contributed by atoms with E-state index in [1.807, 2.05) is 85.2 Å². The lowest BCUT2D eigenvalue weighted by molar-refractivity contribution is 1.27. The fraction of sp³-hybridized carbons (Fsp3) is 0. The Balaban J connectivity index is 1.31. The summed E-state index contributed by atoms with van der Waals surface area (Å²) in [6.07, 6.45) is 30.1. The molecule has 0 radical (unpaired) electrons. The van der Waals surface area contributed by atoms with Crippen LogP contribution in [0.3, 0.4) is 0 Å². The predicted octanol–water partition coefficient (Wildman–Crippen LogP) is 4.00. The van der Waals surface area contributed by atoms with E-state index < -0.39 is 0 Å². The molecule has 5 aliphatic heterocycles. The van der Waals surface area contributed by atoms with E-state index in [0.29, 0.717) is 0 Å². The molecule has 36 heavy (non-hydrogen) atoms. The largest absolute Gasteiger partial charge is 0.361 e. The van der Waals surface area contributed by atoms with Gasteiger partial charge in [0.25, 0.3) is 0 Å². The van der Waals surface area contributed by atoms with Gasteiger partial charge in [-0.25, -0.2) is 20.0 Å². The number of aromatic nitrogens is 2. The number of aliphatic imine (C=N–C) groups is 4. The Morgan fingerprint density at radius 3 is 1.50 bits per heavy atom. The van der Waals surface area contributed by atoms with Crippen LogP contribution >= 0.6 is 0 Å². The van der Waals surface area contributed by atoms with Crippen molar-refractivity contribution < 1.29 is 0 Å². The summed E-state index contributed by atoms with van der Waals surface area (Å²) in [6.45, 7) is 0. The van der Waals surface area contributed by atoms with Gasteiger partial charge in [0.15, 0.2) is 0 Å². The van der Waals surface area contributed by atoms with E-state index in [2.05, 4.69) is 34.2 Å². The van der Waals surface area contributed by atoms with Crippen LogP contribution < -0.4 is 10.7 Å². The van der Waals surface area contributed by atoms with Crippen LogP contribution in [0.15, 0.2) is 134 Å². The normalized spacial score (nSPS) is 19.3. The minimum absolute atomic E-state index is 0.863. The molecule has 6 heteroatoms. The molecule has 170 valence electrons. The van der Waals surface area contributed by atoms with Crippen molar-refractivity contribution in [2.75, 3.05) is 0 Å². The highest BCUT2D eigenvalue weighted by molar-refractivity contribution is 6.20. The maximum Gasteiger partial charge on any atom is 0.0659 e. The highest BCUT2D eigenvalue weighted by Gasteiger charge is 2.10. The number of aromatic amines is 2. The molecule has 5 aliphatic rings. The molecule has 6 nitrogen and oxygen atoms in total. The van der Waals surface area contributed by atoms with Crippen molar-refractivity contribution in [1.82, 2.24) is 9.97 Å². The lowest BCUT2D eigenvalue weighted by Gasteiger charge is -1.93. The highest BCUT2D eigenvalue weighted by atomic mass is 14.8. The Kier molecular flexibility index (Phi) is 4.67. The molecule has 0 aromatic carbocycles. The van der Waals surface area contributed by atoms with Crippen LogP contribution in [-0.4, -0.2) is 32.8 Å². The van der Waals surface area contributed by atoms with Gasteiger partial charge in [0.2, 0.25) is 0 Å². The molecule has 0 fully saturated rings. The molecule has 2 N–H and O–H groups in total. The molecule has 12 bridgehead atoms. The first-order valence-electron chi connectivity index (χ1n) is 11.7. The molecule has 7 rings (SSSR count). The molecular weight excluding hydrogens is 444 g/mol. The van der Waals surface area contributed by atoms with E-state index in [4.69, 9.17) is 20.0 Å². The summed E-state index contributed by atoms with van der Waals surface area (Å²) in [7, 11) is 0. The van der Waals surface area contributed by atoms with Gasteiger partial charge in [-0.1, -0.05) is 0 Å². The Morgan fingerprint density at radius 1 is 0.472 bits per heavy atom. The van der Waals surface area contributed by atoms with E-state index in [1.165, 1.54) is 0 Å². The van der Waals surface area contributed by atoms with Gasteiger partial charge in [-0.05, 0) is 109 Å². The Hall–Kier alpha value is -5.10. The number of hydrogen-bond acceptors (Lipinski definition) is 4. The van der Waals surface area contributed by atoms with Crippen molar-refractivity contribution in [3.05, 3.63) is 136 Å². The van der Waals surface area contributed by atoms with Crippen molar-refractivity contribution in [3.8, 4) is 0 Å². The Bertz CT molecular complexity index is 1810. The molecule has 0 atom stereocenters. The van der Waals surface area contributed by atoms with Crippen LogP contribution in [0.1, 0.15) is 11.3 Å². The third-order valence-electron chi connectivity index (χ3n) is 6.01. The van der Waals surface area contributed by atoms with Crippen molar-refractivity contribution in [2.24, 2.45) is 20.0 Å². The maximum atomic E-state index is 4.72. The van der Waals surface area contributed by atoms with Crippen LogP contribution in [0.5, 0.6) is 0 Å². The number of hydrogen-bond donors (Lipinski definition) is 2. The zero-order valence-electron chi connectivity index (χ0n) is 19.2. The minimum Gasteiger partial charge on any atom is -0.361 e. The lowest BCUT2D eigenvalue weighted by Crippen LogP contribution is -2.10. The second kappa shape index (κ2) is 8.29. The van der Waals surface area contributed by atoms with Gasteiger partial charge in [0.05, 0.1) is 45.6 Å². The molecule has 0 amide bonds. The topological polar surface area (TPSA) is 81.0 Å². The summed E-state index contributed by atoms with van der Waals surface area (Å²) in [5, 5.41) is 2.02. The summed E-state index contributed by atoms with van der Waals surface area (Å²) < 4.78 is 0. The highest BCUT2D eigenvalue weighted by Crippen LogP contribution is 2.19. The van der Waals surface area contributed by atoms with Crippen molar-refractivity contribution in [2.45, 2.75) is 0 Å². The second-order valence-electron chi connectivity index (χ2n) is 8.80. The SMILES string of the molecule is C1=CC2=NC1=CC1=NC(=Cc3cc(c[nH]3)C=c3ccc([nH]3)=CC3=NC(=CC4=NC(=C2)C=C4)C=C3)C=C1. The summed E-state index contributed by atoms with van der Waals surface area (Å²) in [4.78, 5) is 25.6. The van der Waals surface area contributed by atoms with E-state index in [9.17, 15) is 0 Å². The molecule has 7 heterocycles. The lowest BCUT2D eigenvalue weighted by atomic mass is 10.2. The molecule has 0 saturated heterocycles. The fourth-order valence-electron chi connectivity index (χ4n) is 4.37. The molecule has 0 spiro atoms. The minimum atomic E-state index is 0.863. The van der Waals surface area contributed by atoms with Crippen molar-refractivity contribution in [3.63, 3.8) is 0 Å². The maximum absolute atomic E-state index is 4.72. The predicted molar refractivity (Wildman–Crippen MR) is 147 cm³/mol. The molecule has 2 aromatic rings. The van der Waals surface area contributed by atoms with E-state index in [1.54, 1.807) is 0 Å². The first-order valence-corrected chi connectivity index (χ1v) is 11.7. The quantitative estimate of drug-likeness (QED) is 0.591. The summed E-state index contributed by atoms with van der Waals surface area (Å²) >= 11 is 0. The first kappa shape index (κ1) is 20.3. The molecule has 0 unspecified atom stereocenters. The van der Waals surface area contributed by atoms with Gasteiger partial charge in [-0.15, -0.1) is 0 Å². The van der Waals surface area contributed by atoms with Crippen LogP contribution in [0.4, 0.5) is 0 Å². The monoisotopic (exact) mass is 464 g/mol. The van der Waals surface area contributed by atoms with E-state index >= 15 is 0 Å². The summed E-state index contributed by atoms with van der Waals surface area (Å²) in [5.41, 5.74) is 9.07. The molecular formula is C30H20N6. The van der Waals surface area contributed by atoms with Gasteiger partial charge in [-0.2, -0.15) is 0 Å². The number of nitrogens with zero attached hydrogens (tertiary/aromatic N) is 4. The van der Waals surface area contributed by atoms with Gasteiger partial charge >= 0.3 is 0 Å². The average Bonchev–Trinajstić information content (AvgIpc) is 3.68. The van der Waals surface area contributed by atoms with E-state index in [0.717, 1.165) is 67.6 Å². The number of H-pyrrole nitrogens is 2.